The zero-order valence-electron chi connectivity index (χ0n) is 12.9. The van der Waals surface area contributed by atoms with Crippen LogP contribution in [0.15, 0.2) is 48.5 Å². The first kappa shape index (κ1) is 15.4. The predicted octanol–water partition coefficient (Wildman–Crippen LogP) is 3.60. The van der Waals surface area contributed by atoms with Crippen LogP contribution < -0.4 is 14.8 Å². The second kappa shape index (κ2) is 7.70. The molecule has 2 aromatic rings. The molecule has 1 atom stereocenters. The lowest BCUT2D eigenvalue weighted by Crippen LogP contribution is -2.23. The van der Waals surface area contributed by atoms with E-state index in [2.05, 4.69) is 30.4 Å². The molecule has 21 heavy (non-hydrogen) atoms. The topological polar surface area (TPSA) is 30.5 Å². The van der Waals surface area contributed by atoms with Gasteiger partial charge in [0.1, 0.15) is 18.1 Å². The fourth-order valence-corrected chi connectivity index (χ4v) is 2.24. The van der Waals surface area contributed by atoms with Gasteiger partial charge in [0, 0.05) is 0 Å². The minimum absolute atomic E-state index is 0.130. The van der Waals surface area contributed by atoms with Crippen LogP contribution in [-0.4, -0.2) is 20.8 Å². The van der Waals surface area contributed by atoms with Crippen LogP contribution >= 0.6 is 0 Å². The summed E-state index contributed by atoms with van der Waals surface area (Å²) in [4.78, 5) is 0. The van der Waals surface area contributed by atoms with Crippen molar-refractivity contribution in [2.75, 3.05) is 20.8 Å². The van der Waals surface area contributed by atoms with Crippen LogP contribution in [0.1, 0.15) is 24.1 Å². The maximum Gasteiger partial charge on any atom is 0.119 e. The summed E-state index contributed by atoms with van der Waals surface area (Å²) < 4.78 is 11.2. The van der Waals surface area contributed by atoms with Crippen LogP contribution in [0.3, 0.4) is 0 Å². The lowest BCUT2D eigenvalue weighted by molar-refractivity contribution is 0.272. The Hall–Kier alpha value is -2.00. The second-order valence-corrected chi connectivity index (χ2v) is 4.93. The van der Waals surface area contributed by atoms with Crippen LogP contribution in [-0.2, 0) is 6.42 Å². The summed E-state index contributed by atoms with van der Waals surface area (Å²) in [5.74, 6) is 1.78. The van der Waals surface area contributed by atoms with Gasteiger partial charge in [-0.2, -0.15) is 0 Å². The van der Waals surface area contributed by atoms with E-state index in [4.69, 9.17) is 9.47 Å². The molecule has 112 valence electrons. The summed E-state index contributed by atoms with van der Waals surface area (Å²) >= 11 is 0. The van der Waals surface area contributed by atoms with E-state index >= 15 is 0 Å². The van der Waals surface area contributed by atoms with Gasteiger partial charge in [0.25, 0.3) is 0 Å². The van der Waals surface area contributed by atoms with Crippen molar-refractivity contribution < 1.29 is 9.47 Å². The Morgan fingerprint density at radius 3 is 2.52 bits per heavy atom. The molecule has 0 aliphatic heterocycles. The molecule has 0 saturated heterocycles. The third-order valence-electron chi connectivity index (χ3n) is 3.57. The van der Waals surface area contributed by atoms with Gasteiger partial charge in [0.2, 0.25) is 0 Å². The maximum atomic E-state index is 5.93. The van der Waals surface area contributed by atoms with E-state index in [-0.39, 0.29) is 6.04 Å². The van der Waals surface area contributed by atoms with E-state index in [1.807, 2.05) is 37.4 Å². The van der Waals surface area contributed by atoms with Gasteiger partial charge in [-0.3, -0.25) is 0 Å². The molecule has 0 aromatic heterocycles. The highest BCUT2D eigenvalue weighted by molar-refractivity contribution is 5.31. The number of benzene rings is 2. The number of ether oxygens (including phenoxy) is 2. The van der Waals surface area contributed by atoms with Gasteiger partial charge in [-0.15, -0.1) is 0 Å². The SMILES string of the molecule is CCc1cccc(OCC(NC)c2cccc(OC)c2)c1. The predicted molar refractivity (Wildman–Crippen MR) is 86.1 cm³/mol. The lowest BCUT2D eigenvalue weighted by atomic mass is 10.1. The summed E-state index contributed by atoms with van der Waals surface area (Å²) in [7, 11) is 3.62. The standard InChI is InChI=1S/C18H23NO2/c1-4-14-7-5-10-17(11-14)21-13-18(19-2)15-8-6-9-16(12-15)20-3/h5-12,18-19H,4,13H2,1-3H3. The molecular formula is C18H23NO2. The molecule has 2 aromatic carbocycles. The smallest absolute Gasteiger partial charge is 0.119 e. The Kier molecular flexibility index (Phi) is 5.64. The lowest BCUT2D eigenvalue weighted by Gasteiger charge is -2.18. The Balaban J connectivity index is 2.04. The van der Waals surface area contributed by atoms with Gasteiger partial charge in [0.05, 0.1) is 13.2 Å². The zero-order valence-corrected chi connectivity index (χ0v) is 12.9. The maximum absolute atomic E-state index is 5.93. The molecule has 3 nitrogen and oxygen atoms in total. The summed E-state index contributed by atoms with van der Waals surface area (Å²) in [6, 6.07) is 16.4. The summed E-state index contributed by atoms with van der Waals surface area (Å²) in [5.41, 5.74) is 2.44. The van der Waals surface area contributed by atoms with Crippen molar-refractivity contribution in [2.24, 2.45) is 0 Å². The van der Waals surface area contributed by atoms with Gasteiger partial charge in [-0.1, -0.05) is 31.2 Å². The van der Waals surface area contributed by atoms with Crippen LogP contribution in [0.4, 0.5) is 0 Å². The molecule has 0 spiro atoms. The van der Waals surface area contributed by atoms with Gasteiger partial charge >= 0.3 is 0 Å². The van der Waals surface area contributed by atoms with E-state index < -0.39 is 0 Å². The average Bonchev–Trinajstić information content (AvgIpc) is 2.56. The average molecular weight is 285 g/mol. The van der Waals surface area contributed by atoms with E-state index in [1.165, 1.54) is 5.56 Å². The highest BCUT2D eigenvalue weighted by Gasteiger charge is 2.11. The number of hydrogen-bond acceptors (Lipinski definition) is 3. The van der Waals surface area contributed by atoms with E-state index in [0.717, 1.165) is 23.5 Å². The Bertz CT molecular complexity index is 569. The summed E-state index contributed by atoms with van der Waals surface area (Å²) in [6.07, 6.45) is 1.02. The molecule has 0 bridgehead atoms. The molecule has 1 unspecified atom stereocenters. The first-order valence-corrected chi connectivity index (χ1v) is 7.29. The minimum atomic E-state index is 0.130. The van der Waals surface area contributed by atoms with Gasteiger partial charge in [0.15, 0.2) is 0 Å². The number of aryl methyl sites for hydroxylation is 1. The minimum Gasteiger partial charge on any atom is -0.497 e. The molecule has 1 N–H and O–H groups in total. The Morgan fingerprint density at radius 2 is 1.81 bits per heavy atom. The van der Waals surface area contributed by atoms with Crippen LogP contribution in [0.5, 0.6) is 11.5 Å². The van der Waals surface area contributed by atoms with Crippen molar-refractivity contribution in [3.05, 3.63) is 59.7 Å². The summed E-state index contributed by atoms with van der Waals surface area (Å²) in [6.45, 7) is 2.72. The van der Waals surface area contributed by atoms with Crippen molar-refractivity contribution in [2.45, 2.75) is 19.4 Å². The molecule has 0 amide bonds. The number of likely N-dealkylation sites (N-methyl/N-ethyl adjacent to an activating group) is 1. The van der Waals surface area contributed by atoms with Crippen LogP contribution in [0, 0.1) is 0 Å². The van der Waals surface area contributed by atoms with E-state index in [9.17, 15) is 0 Å². The zero-order chi connectivity index (χ0) is 15.1. The van der Waals surface area contributed by atoms with Gasteiger partial charge in [-0.05, 0) is 48.9 Å². The third-order valence-corrected chi connectivity index (χ3v) is 3.57. The van der Waals surface area contributed by atoms with Crippen molar-refractivity contribution >= 4 is 0 Å². The number of rotatable bonds is 7. The van der Waals surface area contributed by atoms with Crippen molar-refractivity contribution in [3.8, 4) is 11.5 Å². The molecule has 0 saturated carbocycles. The van der Waals surface area contributed by atoms with Crippen LogP contribution in [0.2, 0.25) is 0 Å². The normalized spacial score (nSPS) is 12.0. The van der Waals surface area contributed by atoms with Crippen molar-refractivity contribution in [1.29, 1.82) is 0 Å². The molecule has 0 aliphatic carbocycles. The second-order valence-electron chi connectivity index (χ2n) is 4.93. The highest BCUT2D eigenvalue weighted by atomic mass is 16.5. The number of methoxy groups -OCH3 is 1. The monoisotopic (exact) mass is 285 g/mol. The summed E-state index contributed by atoms with van der Waals surface area (Å²) in [5, 5.41) is 3.29. The Morgan fingerprint density at radius 1 is 1.05 bits per heavy atom. The molecule has 0 fully saturated rings. The quantitative estimate of drug-likeness (QED) is 0.843. The number of hydrogen-bond donors (Lipinski definition) is 1. The molecule has 0 aliphatic rings. The van der Waals surface area contributed by atoms with E-state index in [1.54, 1.807) is 7.11 Å². The highest BCUT2D eigenvalue weighted by Crippen LogP contribution is 2.21. The van der Waals surface area contributed by atoms with Crippen molar-refractivity contribution in [3.63, 3.8) is 0 Å². The van der Waals surface area contributed by atoms with Crippen LogP contribution in [0.25, 0.3) is 0 Å². The first-order valence-electron chi connectivity index (χ1n) is 7.29. The third kappa shape index (κ3) is 4.23. The molecule has 0 radical (unpaired) electrons. The fourth-order valence-electron chi connectivity index (χ4n) is 2.24. The fraction of sp³-hybridized carbons (Fsp3) is 0.333. The largest absolute Gasteiger partial charge is 0.497 e. The molecule has 2 rings (SSSR count). The van der Waals surface area contributed by atoms with Crippen molar-refractivity contribution in [1.82, 2.24) is 5.32 Å². The first-order chi connectivity index (χ1) is 10.3. The Labute approximate surface area is 126 Å². The van der Waals surface area contributed by atoms with Gasteiger partial charge in [-0.25, -0.2) is 0 Å². The molecular weight excluding hydrogens is 262 g/mol. The van der Waals surface area contributed by atoms with E-state index in [0.29, 0.717) is 6.61 Å². The van der Waals surface area contributed by atoms with Gasteiger partial charge < -0.3 is 14.8 Å². The number of nitrogens with one attached hydrogen (secondary N) is 1. The molecule has 0 heterocycles. The molecule has 3 heteroatoms.